The van der Waals surface area contributed by atoms with Crippen LogP contribution in [0.2, 0.25) is 0 Å². The molecule has 2 aromatic carbocycles. The number of nitrogens with two attached hydrogens (primary N) is 1. The molecule has 0 aliphatic carbocycles. The summed E-state index contributed by atoms with van der Waals surface area (Å²) < 4.78 is 0. The predicted octanol–water partition coefficient (Wildman–Crippen LogP) is 2.20. The fraction of sp³-hybridized carbons (Fsp3) is 0.200. The van der Waals surface area contributed by atoms with Crippen molar-refractivity contribution < 1.29 is 9.90 Å². The second-order valence-corrected chi connectivity index (χ2v) is 6.05. The molecule has 0 fully saturated rings. The Labute approximate surface area is 152 Å². The first-order valence-electron chi connectivity index (χ1n) is 8.43. The van der Waals surface area contributed by atoms with E-state index in [9.17, 15) is 9.90 Å². The van der Waals surface area contributed by atoms with Gasteiger partial charge in [0.15, 0.2) is 0 Å². The number of pyridine rings is 1. The number of fused-ring (bicyclic) bond motifs is 1. The lowest BCUT2D eigenvalue weighted by Crippen LogP contribution is -2.24. The molecule has 0 radical (unpaired) electrons. The number of hydrogen-bond donors (Lipinski definition) is 4. The number of carbonyl (C=O) groups is 1. The van der Waals surface area contributed by atoms with Crippen LogP contribution in [-0.4, -0.2) is 29.6 Å². The number of hydrogen-bond acceptors (Lipinski definition) is 5. The quantitative estimate of drug-likeness (QED) is 0.523. The van der Waals surface area contributed by atoms with E-state index in [-0.39, 0.29) is 12.6 Å². The van der Waals surface area contributed by atoms with E-state index in [0.717, 1.165) is 16.6 Å². The van der Waals surface area contributed by atoms with Crippen molar-refractivity contribution in [2.45, 2.75) is 12.6 Å². The number of nitrogens with zero attached hydrogens (tertiary/aromatic N) is 1. The Bertz CT molecular complexity index is 912. The van der Waals surface area contributed by atoms with Crippen LogP contribution in [0.25, 0.3) is 10.9 Å². The molecule has 1 heterocycles. The zero-order valence-electron chi connectivity index (χ0n) is 14.6. The van der Waals surface area contributed by atoms with Crippen molar-refractivity contribution in [3.63, 3.8) is 0 Å². The SMILES string of the molecule is CNCC(Nc1c(CO)cnc2c(C(N)=O)cccc12)c1ccccc1. The Morgan fingerprint density at radius 1 is 1.19 bits per heavy atom. The van der Waals surface area contributed by atoms with E-state index >= 15 is 0 Å². The van der Waals surface area contributed by atoms with Gasteiger partial charge >= 0.3 is 0 Å². The van der Waals surface area contributed by atoms with Crippen LogP contribution in [0.3, 0.4) is 0 Å². The standard InChI is InChI=1S/C20H22N4O2/c1-22-11-17(13-6-3-2-4-7-13)24-18-14(12-25)10-23-19-15(18)8-5-9-16(19)20(21)26/h2-10,17,22,25H,11-12H2,1H3,(H2,21,26)(H,23,24). The third-order valence-electron chi connectivity index (χ3n) is 4.34. The molecule has 6 heteroatoms. The molecule has 134 valence electrons. The van der Waals surface area contributed by atoms with E-state index in [1.54, 1.807) is 18.3 Å². The van der Waals surface area contributed by atoms with Crippen LogP contribution in [0, 0.1) is 0 Å². The van der Waals surface area contributed by atoms with E-state index in [1.807, 2.05) is 43.4 Å². The van der Waals surface area contributed by atoms with Gasteiger partial charge in [0.05, 0.1) is 29.4 Å². The number of aliphatic hydroxyl groups excluding tert-OH is 1. The lowest BCUT2D eigenvalue weighted by atomic mass is 10.0. The lowest BCUT2D eigenvalue weighted by molar-refractivity contribution is 0.100. The van der Waals surface area contributed by atoms with Crippen molar-refractivity contribution in [1.29, 1.82) is 0 Å². The molecule has 0 aliphatic rings. The number of primary amides is 1. The highest BCUT2D eigenvalue weighted by atomic mass is 16.3. The van der Waals surface area contributed by atoms with Gasteiger partial charge in [0.1, 0.15) is 0 Å². The Morgan fingerprint density at radius 2 is 1.96 bits per heavy atom. The molecule has 3 aromatic rings. The van der Waals surface area contributed by atoms with Crippen molar-refractivity contribution in [3.05, 3.63) is 71.4 Å². The number of nitrogens with one attached hydrogen (secondary N) is 2. The van der Waals surface area contributed by atoms with Gasteiger partial charge in [0.2, 0.25) is 0 Å². The fourth-order valence-corrected chi connectivity index (χ4v) is 3.07. The van der Waals surface area contributed by atoms with Crippen molar-refractivity contribution in [2.75, 3.05) is 18.9 Å². The van der Waals surface area contributed by atoms with Crippen LogP contribution in [0.15, 0.2) is 54.7 Å². The molecule has 0 aliphatic heterocycles. The van der Waals surface area contributed by atoms with Gasteiger partial charge < -0.3 is 21.5 Å². The molecule has 26 heavy (non-hydrogen) atoms. The summed E-state index contributed by atoms with van der Waals surface area (Å²) >= 11 is 0. The van der Waals surface area contributed by atoms with Crippen LogP contribution in [-0.2, 0) is 6.61 Å². The van der Waals surface area contributed by atoms with Gasteiger partial charge in [0, 0.05) is 23.7 Å². The van der Waals surface area contributed by atoms with Gasteiger partial charge in [-0.2, -0.15) is 0 Å². The third kappa shape index (κ3) is 3.51. The Balaban J connectivity index is 2.13. The first-order valence-corrected chi connectivity index (χ1v) is 8.43. The van der Waals surface area contributed by atoms with Crippen LogP contribution in [0.4, 0.5) is 5.69 Å². The van der Waals surface area contributed by atoms with Crippen LogP contribution < -0.4 is 16.4 Å². The maximum absolute atomic E-state index is 11.7. The highest BCUT2D eigenvalue weighted by molar-refractivity contribution is 6.08. The second-order valence-electron chi connectivity index (χ2n) is 6.05. The monoisotopic (exact) mass is 350 g/mol. The van der Waals surface area contributed by atoms with Gasteiger partial charge in [-0.05, 0) is 18.7 Å². The van der Waals surface area contributed by atoms with Crippen LogP contribution in [0.5, 0.6) is 0 Å². The van der Waals surface area contributed by atoms with Crippen molar-refractivity contribution in [3.8, 4) is 0 Å². The lowest BCUT2D eigenvalue weighted by Gasteiger charge is -2.23. The third-order valence-corrected chi connectivity index (χ3v) is 4.34. The molecule has 1 aromatic heterocycles. The average Bonchev–Trinajstić information content (AvgIpc) is 2.67. The maximum atomic E-state index is 11.7. The van der Waals surface area contributed by atoms with Gasteiger partial charge in [-0.1, -0.05) is 42.5 Å². The van der Waals surface area contributed by atoms with Crippen molar-refractivity contribution in [1.82, 2.24) is 10.3 Å². The maximum Gasteiger partial charge on any atom is 0.250 e. The molecule has 3 rings (SSSR count). The smallest absolute Gasteiger partial charge is 0.250 e. The molecule has 6 nitrogen and oxygen atoms in total. The highest BCUT2D eigenvalue weighted by Gasteiger charge is 2.17. The fourth-order valence-electron chi connectivity index (χ4n) is 3.07. The number of para-hydroxylation sites is 1. The topological polar surface area (TPSA) is 100 Å². The van der Waals surface area contributed by atoms with Gasteiger partial charge in [-0.3, -0.25) is 9.78 Å². The minimum absolute atomic E-state index is 0.0191. The normalized spacial score (nSPS) is 12.1. The number of aliphatic hydroxyl groups is 1. The number of carbonyl (C=O) groups excluding carboxylic acids is 1. The molecule has 1 amide bonds. The zero-order chi connectivity index (χ0) is 18.5. The minimum Gasteiger partial charge on any atom is -0.392 e. The molecule has 0 spiro atoms. The molecule has 1 unspecified atom stereocenters. The second kappa shape index (κ2) is 7.95. The first kappa shape index (κ1) is 17.8. The van der Waals surface area contributed by atoms with Crippen LogP contribution >= 0.6 is 0 Å². The highest BCUT2D eigenvalue weighted by Crippen LogP contribution is 2.31. The molecule has 1 atom stereocenters. The number of amides is 1. The van der Waals surface area contributed by atoms with Crippen molar-refractivity contribution in [2.24, 2.45) is 5.73 Å². The molecular formula is C20H22N4O2. The molecule has 5 N–H and O–H groups in total. The summed E-state index contributed by atoms with van der Waals surface area (Å²) in [5.74, 6) is -0.527. The zero-order valence-corrected chi connectivity index (χ0v) is 14.6. The van der Waals surface area contributed by atoms with Gasteiger partial charge in [-0.25, -0.2) is 0 Å². The van der Waals surface area contributed by atoms with Gasteiger partial charge in [0.25, 0.3) is 5.91 Å². The number of anilines is 1. The summed E-state index contributed by atoms with van der Waals surface area (Å²) in [7, 11) is 1.89. The largest absolute Gasteiger partial charge is 0.392 e. The predicted molar refractivity (Wildman–Crippen MR) is 103 cm³/mol. The number of benzene rings is 2. The van der Waals surface area contributed by atoms with E-state index in [1.165, 1.54) is 0 Å². The summed E-state index contributed by atoms with van der Waals surface area (Å²) in [6.45, 7) is 0.529. The van der Waals surface area contributed by atoms with E-state index in [0.29, 0.717) is 23.2 Å². The summed E-state index contributed by atoms with van der Waals surface area (Å²) in [5, 5.41) is 17.2. The average molecular weight is 350 g/mol. The molecule has 0 saturated heterocycles. The van der Waals surface area contributed by atoms with E-state index in [2.05, 4.69) is 15.6 Å². The van der Waals surface area contributed by atoms with E-state index in [4.69, 9.17) is 5.73 Å². The molecule has 0 bridgehead atoms. The molecular weight excluding hydrogens is 328 g/mol. The minimum atomic E-state index is -0.527. The number of rotatable bonds is 7. The van der Waals surface area contributed by atoms with Crippen molar-refractivity contribution >= 4 is 22.5 Å². The van der Waals surface area contributed by atoms with Crippen LogP contribution in [0.1, 0.15) is 27.5 Å². The summed E-state index contributed by atoms with van der Waals surface area (Å²) in [5.41, 5.74) is 8.90. The Kier molecular flexibility index (Phi) is 5.46. The summed E-state index contributed by atoms with van der Waals surface area (Å²) in [4.78, 5) is 16.1. The summed E-state index contributed by atoms with van der Waals surface area (Å²) in [6, 6.07) is 15.3. The first-order chi connectivity index (χ1) is 12.7. The number of likely N-dealkylation sites (N-methyl/N-ethyl adjacent to an activating group) is 1. The molecule has 0 saturated carbocycles. The summed E-state index contributed by atoms with van der Waals surface area (Å²) in [6.07, 6.45) is 1.58. The Hall–Kier alpha value is -2.96. The number of aromatic nitrogens is 1. The Morgan fingerprint density at radius 3 is 2.62 bits per heavy atom. The van der Waals surface area contributed by atoms with E-state index < -0.39 is 5.91 Å². The van der Waals surface area contributed by atoms with Gasteiger partial charge in [-0.15, -0.1) is 0 Å².